The van der Waals surface area contributed by atoms with Crippen LogP contribution in [-0.4, -0.2) is 55.9 Å². The molecule has 0 spiro atoms. The Bertz CT molecular complexity index is 1100. The molecule has 2 amide bonds. The molecule has 2 saturated heterocycles. The second kappa shape index (κ2) is 7.84. The molecule has 2 fully saturated rings. The van der Waals surface area contributed by atoms with Gasteiger partial charge in [-0.1, -0.05) is 11.6 Å². The molecule has 2 aromatic rings. The molecule has 31 heavy (non-hydrogen) atoms. The van der Waals surface area contributed by atoms with E-state index in [2.05, 4.69) is 14.4 Å². The minimum Gasteiger partial charge on any atom is -0.406 e. The Labute approximate surface area is 180 Å². The molecule has 2 atom stereocenters. The third kappa shape index (κ3) is 4.55. The van der Waals surface area contributed by atoms with Crippen molar-refractivity contribution in [3.05, 3.63) is 47.7 Å². The van der Waals surface area contributed by atoms with Gasteiger partial charge in [-0.2, -0.15) is 0 Å². The maximum Gasteiger partial charge on any atom is 0.573 e. The number of halogens is 4. The smallest absolute Gasteiger partial charge is 0.406 e. The van der Waals surface area contributed by atoms with E-state index in [4.69, 9.17) is 11.6 Å². The van der Waals surface area contributed by atoms with Gasteiger partial charge in [-0.05, 0) is 42.8 Å². The predicted octanol–water partition coefficient (Wildman–Crippen LogP) is 3.00. The number of amides is 2. The summed E-state index contributed by atoms with van der Waals surface area (Å²) >= 11 is 5.87. The zero-order chi connectivity index (χ0) is 22.4. The zero-order valence-electron chi connectivity index (χ0n) is 15.7. The lowest BCUT2D eigenvalue weighted by Gasteiger charge is -2.20. The average molecular weight is 477 g/mol. The van der Waals surface area contributed by atoms with Crippen molar-refractivity contribution < 1.29 is 31.1 Å². The number of fused-ring (bicyclic) bond motifs is 1. The molecule has 4 rings (SSSR count). The van der Waals surface area contributed by atoms with Crippen LogP contribution in [0.2, 0.25) is 5.15 Å². The predicted molar refractivity (Wildman–Crippen MR) is 104 cm³/mol. The summed E-state index contributed by atoms with van der Waals surface area (Å²) in [6, 6.07) is 6.71. The zero-order valence-corrected chi connectivity index (χ0v) is 17.3. The molecule has 3 heterocycles. The van der Waals surface area contributed by atoms with E-state index < -0.39 is 22.4 Å². The van der Waals surface area contributed by atoms with Gasteiger partial charge in [-0.25, -0.2) is 22.9 Å². The van der Waals surface area contributed by atoms with Crippen molar-refractivity contribution in [2.75, 3.05) is 18.0 Å². The molecule has 2 aliphatic rings. The molecule has 166 valence electrons. The number of aromatic nitrogens is 1. The van der Waals surface area contributed by atoms with Crippen LogP contribution in [-0.2, 0) is 10.0 Å². The minimum absolute atomic E-state index is 0.141. The Morgan fingerprint density at radius 3 is 2.48 bits per heavy atom. The Kier molecular flexibility index (Phi) is 5.48. The summed E-state index contributed by atoms with van der Waals surface area (Å²) in [6.45, 7) is 0.441. The molecular formula is C18H16ClF3N4O4S. The van der Waals surface area contributed by atoms with Crippen molar-refractivity contribution in [3.8, 4) is 5.75 Å². The van der Waals surface area contributed by atoms with Gasteiger partial charge in [-0.3, -0.25) is 4.90 Å². The minimum atomic E-state index is -4.80. The third-order valence-electron chi connectivity index (χ3n) is 5.00. The number of nitrogens with zero attached hydrogens (tertiary/aromatic N) is 3. The fourth-order valence-corrected chi connectivity index (χ4v) is 5.44. The van der Waals surface area contributed by atoms with Gasteiger partial charge >= 0.3 is 12.4 Å². The number of nitrogens with one attached hydrogen (secondary N) is 1. The summed E-state index contributed by atoms with van der Waals surface area (Å²) in [5.41, 5.74) is 0.424. The van der Waals surface area contributed by atoms with Gasteiger partial charge in [0.05, 0.1) is 6.04 Å². The topological polar surface area (TPSA) is 91.8 Å². The van der Waals surface area contributed by atoms with E-state index >= 15 is 0 Å². The van der Waals surface area contributed by atoms with E-state index in [9.17, 15) is 26.4 Å². The first-order valence-electron chi connectivity index (χ1n) is 9.10. The number of sulfonamides is 1. The normalized spacial score (nSPS) is 21.5. The van der Waals surface area contributed by atoms with E-state index in [0.29, 0.717) is 12.1 Å². The van der Waals surface area contributed by atoms with Gasteiger partial charge < -0.3 is 9.64 Å². The van der Waals surface area contributed by atoms with Crippen LogP contribution in [0.4, 0.5) is 23.7 Å². The highest BCUT2D eigenvalue weighted by Gasteiger charge is 2.45. The highest BCUT2D eigenvalue weighted by molar-refractivity contribution is 7.89. The SMILES string of the molecule is O=C1N(c2ccc(OC(F)(F)F)cc2)C[C@@H]2C[C@H](NS(=O)(=O)c3cccnc3Cl)CN12. The number of benzene rings is 1. The van der Waals surface area contributed by atoms with Crippen molar-refractivity contribution in [1.29, 1.82) is 0 Å². The largest absolute Gasteiger partial charge is 0.573 e. The number of hydrogen-bond donors (Lipinski definition) is 1. The van der Waals surface area contributed by atoms with Crippen LogP contribution in [0.3, 0.4) is 0 Å². The summed E-state index contributed by atoms with van der Waals surface area (Å²) < 4.78 is 68.4. The Morgan fingerprint density at radius 2 is 1.87 bits per heavy atom. The molecule has 0 radical (unpaired) electrons. The fraction of sp³-hybridized carbons (Fsp3) is 0.333. The van der Waals surface area contributed by atoms with Gasteiger partial charge in [-0.15, -0.1) is 13.2 Å². The average Bonchev–Trinajstić information content (AvgIpc) is 3.19. The first kappa shape index (κ1) is 21.7. The monoisotopic (exact) mass is 476 g/mol. The van der Waals surface area contributed by atoms with E-state index in [1.165, 1.54) is 40.3 Å². The lowest BCUT2D eigenvalue weighted by molar-refractivity contribution is -0.274. The molecule has 0 unspecified atom stereocenters. The van der Waals surface area contributed by atoms with E-state index in [-0.39, 0.29) is 41.0 Å². The summed E-state index contributed by atoms with van der Waals surface area (Å²) in [7, 11) is -3.91. The molecular weight excluding hydrogens is 461 g/mol. The lowest BCUT2D eigenvalue weighted by atomic mass is 10.2. The van der Waals surface area contributed by atoms with Crippen LogP contribution in [0.25, 0.3) is 0 Å². The van der Waals surface area contributed by atoms with E-state index in [0.717, 1.165) is 12.1 Å². The highest BCUT2D eigenvalue weighted by Crippen LogP contribution is 2.33. The molecule has 0 bridgehead atoms. The third-order valence-corrected chi connectivity index (χ3v) is 6.97. The number of alkyl halides is 3. The number of rotatable bonds is 5. The van der Waals surface area contributed by atoms with Gasteiger partial charge in [0.2, 0.25) is 10.0 Å². The number of carbonyl (C=O) groups excluding carboxylic acids is 1. The molecule has 1 N–H and O–H groups in total. The second-order valence-corrected chi connectivity index (χ2v) is 9.13. The van der Waals surface area contributed by atoms with Crippen LogP contribution in [0.5, 0.6) is 5.75 Å². The van der Waals surface area contributed by atoms with Crippen molar-refractivity contribution >= 4 is 33.3 Å². The van der Waals surface area contributed by atoms with Gasteiger partial charge in [0.25, 0.3) is 0 Å². The molecule has 1 aromatic heterocycles. The van der Waals surface area contributed by atoms with Gasteiger partial charge in [0, 0.05) is 31.0 Å². The summed E-state index contributed by atoms with van der Waals surface area (Å²) in [5, 5.41) is -0.145. The van der Waals surface area contributed by atoms with Crippen molar-refractivity contribution in [2.45, 2.75) is 29.8 Å². The summed E-state index contributed by atoms with van der Waals surface area (Å²) in [4.78, 5) is 19.4. The standard InChI is InChI=1S/C18H16ClF3N4O4S/c19-16-15(2-1-7-23-16)31(28,29)24-11-8-13-10-26(17(27)25(13)9-11)12-3-5-14(6-4-12)30-18(20,21)22/h1-7,11,13,24H,8-10H2/t11-,13-/m0/s1. The van der Waals surface area contributed by atoms with Crippen LogP contribution in [0.15, 0.2) is 47.5 Å². The van der Waals surface area contributed by atoms with E-state index in [1.807, 2.05) is 0 Å². The fourth-order valence-electron chi connectivity index (χ4n) is 3.75. The number of carbonyl (C=O) groups is 1. The van der Waals surface area contributed by atoms with Gasteiger partial charge in [0.1, 0.15) is 15.8 Å². The molecule has 0 saturated carbocycles. The van der Waals surface area contributed by atoms with Crippen LogP contribution in [0.1, 0.15) is 6.42 Å². The van der Waals surface area contributed by atoms with E-state index in [1.54, 1.807) is 0 Å². The first-order valence-corrected chi connectivity index (χ1v) is 11.0. The molecule has 13 heteroatoms. The molecule has 0 aliphatic carbocycles. The van der Waals surface area contributed by atoms with Crippen molar-refractivity contribution in [3.63, 3.8) is 0 Å². The second-order valence-electron chi connectivity index (χ2n) is 7.09. The number of anilines is 1. The quantitative estimate of drug-likeness (QED) is 0.670. The van der Waals surface area contributed by atoms with Crippen LogP contribution >= 0.6 is 11.6 Å². The number of ether oxygens (including phenoxy) is 1. The number of urea groups is 1. The molecule has 2 aliphatic heterocycles. The Hall–Kier alpha value is -2.57. The lowest BCUT2D eigenvalue weighted by Crippen LogP contribution is -2.40. The van der Waals surface area contributed by atoms with Crippen LogP contribution < -0.4 is 14.4 Å². The summed E-state index contributed by atoms with van der Waals surface area (Å²) in [6.07, 6.45) is -3.03. The Balaban J connectivity index is 1.41. The van der Waals surface area contributed by atoms with Crippen molar-refractivity contribution in [1.82, 2.24) is 14.6 Å². The van der Waals surface area contributed by atoms with Gasteiger partial charge in [0.15, 0.2) is 0 Å². The molecule has 8 nitrogen and oxygen atoms in total. The van der Waals surface area contributed by atoms with Crippen molar-refractivity contribution in [2.24, 2.45) is 0 Å². The number of pyridine rings is 1. The maximum atomic E-state index is 12.8. The Morgan fingerprint density at radius 1 is 1.16 bits per heavy atom. The highest BCUT2D eigenvalue weighted by atomic mass is 35.5. The first-order chi connectivity index (χ1) is 14.5. The van der Waals surface area contributed by atoms with Crippen LogP contribution in [0, 0.1) is 0 Å². The maximum absolute atomic E-state index is 12.8. The summed E-state index contributed by atoms with van der Waals surface area (Å²) in [5.74, 6) is -0.382. The molecule has 1 aromatic carbocycles. The number of hydrogen-bond acceptors (Lipinski definition) is 5.